The minimum absolute atomic E-state index is 0.0481. The highest BCUT2D eigenvalue weighted by atomic mass is 19.4. The van der Waals surface area contributed by atoms with Crippen LogP contribution in [0.5, 0.6) is 0 Å². The molecular formula is C14H20F3N3O. The molecule has 1 aromatic heterocycles. The first-order valence-electron chi connectivity index (χ1n) is 7.09. The van der Waals surface area contributed by atoms with Gasteiger partial charge in [0.15, 0.2) is 0 Å². The second kappa shape index (κ2) is 6.62. The summed E-state index contributed by atoms with van der Waals surface area (Å²) < 4.78 is 44.1. The van der Waals surface area contributed by atoms with Gasteiger partial charge in [-0.25, -0.2) is 4.98 Å². The van der Waals surface area contributed by atoms with Crippen molar-refractivity contribution in [2.24, 2.45) is 5.73 Å². The molecule has 2 heterocycles. The van der Waals surface area contributed by atoms with Crippen LogP contribution in [-0.4, -0.2) is 30.8 Å². The number of ether oxygens (including phenoxy) is 1. The highest BCUT2D eigenvalue weighted by molar-refractivity contribution is 5.48. The maximum absolute atomic E-state index is 12.8. The van der Waals surface area contributed by atoms with Gasteiger partial charge in [-0.3, -0.25) is 0 Å². The van der Waals surface area contributed by atoms with E-state index in [1.54, 1.807) is 0 Å². The third-order valence-corrected chi connectivity index (χ3v) is 3.60. The van der Waals surface area contributed by atoms with Gasteiger partial charge in [0.2, 0.25) is 0 Å². The van der Waals surface area contributed by atoms with Gasteiger partial charge in [-0.05, 0) is 25.8 Å². The fraction of sp³-hybridized carbons (Fsp3) is 0.643. The van der Waals surface area contributed by atoms with E-state index in [1.807, 2.05) is 11.8 Å². The number of rotatable bonds is 5. The van der Waals surface area contributed by atoms with E-state index in [4.69, 9.17) is 10.5 Å². The van der Waals surface area contributed by atoms with Gasteiger partial charge < -0.3 is 15.4 Å². The van der Waals surface area contributed by atoms with Gasteiger partial charge in [0.25, 0.3) is 0 Å². The van der Waals surface area contributed by atoms with Gasteiger partial charge >= 0.3 is 6.18 Å². The molecule has 118 valence electrons. The van der Waals surface area contributed by atoms with Gasteiger partial charge in [0.1, 0.15) is 11.5 Å². The minimum atomic E-state index is -4.45. The Labute approximate surface area is 122 Å². The highest BCUT2D eigenvalue weighted by Crippen LogP contribution is 2.31. The lowest BCUT2D eigenvalue weighted by Gasteiger charge is -2.27. The molecule has 1 aromatic rings. The Morgan fingerprint density at radius 1 is 1.43 bits per heavy atom. The molecule has 1 atom stereocenters. The number of nitrogens with zero attached hydrogens (tertiary/aromatic N) is 2. The molecule has 0 aromatic carbocycles. The molecule has 1 unspecified atom stereocenters. The summed E-state index contributed by atoms with van der Waals surface area (Å²) >= 11 is 0. The molecule has 0 saturated carbocycles. The average Bonchev–Trinajstić information content (AvgIpc) is 2.96. The van der Waals surface area contributed by atoms with Crippen LogP contribution in [0, 0.1) is 0 Å². The summed E-state index contributed by atoms with van der Waals surface area (Å²) in [5.74, 6) is 0.310. The lowest BCUT2D eigenvalue weighted by molar-refractivity contribution is -0.141. The first-order chi connectivity index (χ1) is 9.95. The third kappa shape index (κ3) is 3.85. The van der Waals surface area contributed by atoms with E-state index in [1.165, 1.54) is 6.07 Å². The second-order valence-corrected chi connectivity index (χ2v) is 5.05. The van der Waals surface area contributed by atoms with E-state index in [9.17, 15) is 13.2 Å². The molecule has 1 fully saturated rings. The van der Waals surface area contributed by atoms with Crippen LogP contribution < -0.4 is 10.6 Å². The average molecular weight is 303 g/mol. The van der Waals surface area contributed by atoms with Crippen LogP contribution in [0.3, 0.4) is 0 Å². The molecule has 1 saturated heterocycles. The molecule has 0 spiro atoms. The predicted octanol–water partition coefficient (Wildman–Crippen LogP) is 2.56. The summed E-state index contributed by atoms with van der Waals surface area (Å²) in [4.78, 5) is 5.61. The number of alkyl halides is 3. The topological polar surface area (TPSA) is 51.4 Å². The zero-order valence-electron chi connectivity index (χ0n) is 12.0. The smallest absolute Gasteiger partial charge is 0.376 e. The highest BCUT2D eigenvalue weighted by Gasteiger charge is 2.33. The van der Waals surface area contributed by atoms with Crippen molar-refractivity contribution in [2.75, 3.05) is 24.6 Å². The van der Waals surface area contributed by atoms with E-state index in [0.29, 0.717) is 31.1 Å². The molecule has 0 aliphatic carbocycles. The van der Waals surface area contributed by atoms with Crippen LogP contribution in [0.15, 0.2) is 12.1 Å². The van der Waals surface area contributed by atoms with Crippen molar-refractivity contribution in [2.45, 2.75) is 38.6 Å². The molecule has 4 nitrogen and oxygen atoms in total. The zero-order chi connectivity index (χ0) is 15.5. The van der Waals surface area contributed by atoms with Crippen LogP contribution in [0.25, 0.3) is 0 Å². The maximum Gasteiger partial charge on any atom is 0.433 e. The van der Waals surface area contributed by atoms with E-state index in [-0.39, 0.29) is 12.6 Å². The Morgan fingerprint density at radius 2 is 2.19 bits per heavy atom. The number of aromatic nitrogens is 1. The largest absolute Gasteiger partial charge is 0.433 e. The SMILES string of the molecule is CCN(CC1CCCO1)c1nc(C(F)(F)F)ccc1CN. The van der Waals surface area contributed by atoms with Crippen molar-refractivity contribution < 1.29 is 17.9 Å². The van der Waals surface area contributed by atoms with E-state index in [0.717, 1.165) is 18.9 Å². The Kier molecular flexibility index (Phi) is 5.05. The van der Waals surface area contributed by atoms with Crippen LogP contribution in [0.1, 0.15) is 31.0 Å². The van der Waals surface area contributed by atoms with Crippen LogP contribution >= 0.6 is 0 Å². The third-order valence-electron chi connectivity index (χ3n) is 3.60. The Hall–Kier alpha value is -1.34. The molecule has 0 bridgehead atoms. The van der Waals surface area contributed by atoms with Gasteiger partial charge in [-0.1, -0.05) is 6.07 Å². The van der Waals surface area contributed by atoms with Crippen molar-refractivity contribution in [1.82, 2.24) is 4.98 Å². The number of anilines is 1. The number of hydrogen-bond donors (Lipinski definition) is 1. The summed E-state index contributed by atoms with van der Waals surface area (Å²) in [5, 5.41) is 0. The molecule has 2 rings (SSSR count). The van der Waals surface area contributed by atoms with Gasteiger partial charge in [-0.2, -0.15) is 13.2 Å². The molecule has 21 heavy (non-hydrogen) atoms. The van der Waals surface area contributed by atoms with Crippen molar-refractivity contribution in [3.63, 3.8) is 0 Å². The minimum Gasteiger partial charge on any atom is -0.376 e. The summed E-state index contributed by atoms with van der Waals surface area (Å²) in [6.07, 6.45) is -2.49. The summed E-state index contributed by atoms with van der Waals surface area (Å²) in [6, 6.07) is 2.38. The van der Waals surface area contributed by atoms with Gasteiger partial charge in [-0.15, -0.1) is 0 Å². The maximum atomic E-state index is 12.8. The van der Waals surface area contributed by atoms with Gasteiger partial charge in [0.05, 0.1) is 6.10 Å². The van der Waals surface area contributed by atoms with Crippen LogP contribution in [0.4, 0.5) is 19.0 Å². The summed E-state index contributed by atoms with van der Waals surface area (Å²) in [5.41, 5.74) is 5.36. The fourth-order valence-electron chi connectivity index (χ4n) is 2.47. The predicted molar refractivity (Wildman–Crippen MR) is 74.0 cm³/mol. The standard InChI is InChI=1S/C14H20F3N3O/c1-2-20(9-11-4-3-7-21-11)13-10(8-18)5-6-12(19-13)14(15,16)17/h5-6,11H,2-4,7-9,18H2,1H3. The first-order valence-corrected chi connectivity index (χ1v) is 7.09. The normalized spacial score (nSPS) is 19.0. The summed E-state index contributed by atoms with van der Waals surface area (Å²) in [6.45, 7) is 3.85. The van der Waals surface area contributed by atoms with E-state index in [2.05, 4.69) is 4.98 Å². The molecule has 0 amide bonds. The molecule has 1 aliphatic heterocycles. The zero-order valence-corrected chi connectivity index (χ0v) is 12.0. The number of halogens is 3. The van der Waals surface area contributed by atoms with E-state index >= 15 is 0 Å². The molecule has 1 aliphatic rings. The van der Waals surface area contributed by atoms with Crippen LogP contribution in [-0.2, 0) is 17.5 Å². The Bertz CT molecular complexity index is 473. The fourth-order valence-corrected chi connectivity index (χ4v) is 2.47. The lowest BCUT2D eigenvalue weighted by atomic mass is 10.2. The van der Waals surface area contributed by atoms with Gasteiger partial charge in [0, 0.05) is 31.8 Å². The van der Waals surface area contributed by atoms with Crippen molar-refractivity contribution in [3.8, 4) is 0 Å². The van der Waals surface area contributed by atoms with Crippen LogP contribution in [0.2, 0.25) is 0 Å². The van der Waals surface area contributed by atoms with Crippen molar-refractivity contribution >= 4 is 5.82 Å². The second-order valence-electron chi connectivity index (χ2n) is 5.05. The number of likely N-dealkylation sites (N-methyl/N-ethyl adjacent to an activating group) is 1. The first kappa shape index (κ1) is 16.0. The molecular weight excluding hydrogens is 283 g/mol. The van der Waals surface area contributed by atoms with E-state index < -0.39 is 11.9 Å². The summed E-state index contributed by atoms with van der Waals surface area (Å²) in [7, 11) is 0. The molecule has 7 heteroatoms. The van der Waals surface area contributed by atoms with Crippen molar-refractivity contribution in [3.05, 3.63) is 23.4 Å². The molecule has 0 radical (unpaired) electrons. The Balaban J connectivity index is 2.28. The lowest BCUT2D eigenvalue weighted by Crippen LogP contribution is -2.34. The monoisotopic (exact) mass is 303 g/mol. The Morgan fingerprint density at radius 3 is 2.71 bits per heavy atom. The number of nitrogens with two attached hydrogens (primary N) is 1. The molecule has 2 N–H and O–H groups in total. The quantitative estimate of drug-likeness (QED) is 0.908. The number of hydrogen-bond acceptors (Lipinski definition) is 4. The number of pyridine rings is 1. The van der Waals surface area contributed by atoms with Crippen molar-refractivity contribution in [1.29, 1.82) is 0 Å².